The highest BCUT2D eigenvalue weighted by molar-refractivity contribution is 5.85. The zero-order chi connectivity index (χ0) is 21.2. The Hall–Kier alpha value is -1.99. The van der Waals surface area contributed by atoms with Crippen molar-refractivity contribution in [2.24, 2.45) is 0 Å². The fraction of sp³-hybridized carbons (Fsp3) is 0.650. The molecule has 2 N–H and O–H groups in total. The molecule has 0 saturated carbocycles. The average Bonchev–Trinajstić information content (AvgIpc) is 2.63. The largest absolute Gasteiger partial charge is 0.464 e. The van der Waals surface area contributed by atoms with Crippen molar-refractivity contribution in [2.45, 2.75) is 72.5 Å². The fourth-order valence-corrected chi connectivity index (χ4v) is 1.62. The van der Waals surface area contributed by atoms with E-state index in [0.29, 0.717) is 12.8 Å². The van der Waals surface area contributed by atoms with Crippen LogP contribution >= 0.6 is 0 Å². The van der Waals surface area contributed by atoms with Crippen LogP contribution in [-0.4, -0.2) is 53.9 Å². The summed E-state index contributed by atoms with van der Waals surface area (Å²) in [6.07, 6.45) is 4.08. The minimum absolute atomic E-state index is 0.132. The number of carbonyl (C=O) groups excluding carboxylic acids is 3. The van der Waals surface area contributed by atoms with Crippen LogP contribution in [0, 0.1) is 0 Å². The highest BCUT2D eigenvalue weighted by Gasteiger charge is 2.32. The Balaban J connectivity index is 0. The number of aliphatic hydroxyl groups is 2. The van der Waals surface area contributed by atoms with Crippen molar-refractivity contribution >= 4 is 18.2 Å². The number of allylic oxidation sites excluding steroid dienone is 4. The third-order valence-electron chi connectivity index (χ3n) is 3.12. The van der Waals surface area contributed by atoms with E-state index in [1.165, 1.54) is 5.57 Å². The molecule has 0 spiro atoms. The SMILES string of the molecule is CC(C)=CCC/C(C)=C/C=O.CCCOC(=O)C(O)C(O)C(=O)OCCC. The molecule has 2 unspecified atom stereocenters. The number of carbonyl (C=O) groups is 3. The number of ether oxygens (including phenoxy) is 2. The molecule has 0 amide bonds. The third kappa shape index (κ3) is 15.9. The van der Waals surface area contributed by atoms with E-state index in [1.807, 2.05) is 6.92 Å². The van der Waals surface area contributed by atoms with Gasteiger partial charge in [0.1, 0.15) is 6.29 Å². The maximum absolute atomic E-state index is 11.1. The van der Waals surface area contributed by atoms with Crippen LogP contribution < -0.4 is 0 Å². The van der Waals surface area contributed by atoms with Crippen LogP contribution in [0.25, 0.3) is 0 Å². The number of aliphatic hydroxyl groups excluding tert-OH is 2. The Bertz CT molecular complexity index is 467. The second kappa shape index (κ2) is 17.4. The van der Waals surface area contributed by atoms with Crippen molar-refractivity contribution < 1.29 is 34.1 Å². The molecule has 0 radical (unpaired) electrons. The van der Waals surface area contributed by atoms with Gasteiger partial charge in [-0.1, -0.05) is 31.1 Å². The lowest BCUT2D eigenvalue weighted by Crippen LogP contribution is -2.41. The standard InChI is InChI=1S/C10H18O6.C10H16O/c1-3-5-15-9(13)7(11)8(12)10(14)16-6-4-2;1-9(2)5-4-6-10(3)7-8-11/h7-8,11-12H,3-6H2,1-2H3;5,7-8H,4,6H2,1-3H3/b;10-7+. The normalized spacial score (nSPS) is 12.8. The van der Waals surface area contributed by atoms with Crippen LogP contribution in [0.15, 0.2) is 23.3 Å². The first kappa shape index (κ1) is 27.2. The lowest BCUT2D eigenvalue weighted by molar-refractivity contribution is -0.173. The Morgan fingerprint density at radius 1 is 0.926 bits per heavy atom. The first-order valence-corrected chi connectivity index (χ1v) is 9.14. The molecule has 0 aromatic carbocycles. The van der Waals surface area contributed by atoms with Gasteiger partial charge in [0.2, 0.25) is 0 Å². The van der Waals surface area contributed by atoms with Gasteiger partial charge in [-0.15, -0.1) is 0 Å². The zero-order valence-electron chi connectivity index (χ0n) is 17.1. The quantitative estimate of drug-likeness (QED) is 0.243. The van der Waals surface area contributed by atoms with Gasteiger partial charge in [0.25, 0.3) is 0 Å². The first-order valence-electron chi connectivity index (χ1n) is 9.14. The van der Waals surface area contributed by atoms with Crippen LogP contribution in [0.4, 0.5) is 0 Å². The van der Waals surface area contributed by atoms with Crippen LogP contribution in [0.3, 0.4) is 0 Å². The molecule has 0 aliphatic rings. The van der Waals surface area contributed by atoms with E-state index >= 15 is 0 Å². The molecule has 2 atom stereocenters. The predicted molar refractivity (Wildman–Crippen MR) is 103 cm³/mol. The van der Waals surface area contributed by atoms with Gasteiger partial charge in [0, 0.05) is 0 Å². The molecular formula is C20H34O7. The second-order valence-electron chi connectivity index (χ2n) is 6.19. The van der Waals surface area contributed by atoms with Gasteiger partial charge < -0.3 is 19.7 Å². The maximum atomic E-state index is 11.1. The second-order valence-corrected chi connectivity index (χ2v) is 6.19. The molecule has 0 aromatic rings. The van der Waals surface area contributed by atoms with E-state index < -0.39 is 24.1 Å². The minimum atomic E-state index is -1.89. The summed E-state index contributed by atoms with van der Waals surface area (Å²) in [5.74, 6) is -2.05. The minimum Gasteiger partial charge on any atom is -0.464 e. The molecule has 0 heterocycles. The molecule has 27 heavy (non-hydrogen) atoms. The van der Waals surface area contributed by atoms with E-state index in [1.54, 1.807) is 19.9 Å². The third-order valence-corrected chi connectivity index (χ3v) is 3.12. The van der Waals surface area contributed by atoms with Crippen molar-refractivity contribution in [1.82, 2.24) is 0 Å². The summed E-state index contributed by atoms with van der Waals surface area (Å²) in [5.41, 5.74) is 2.49. The summed E-state index contributed by atoms with van der Waals surface area (Å²) in [6, 6.07) is 0. The van der Waals surface area contributed by atoms with Crippen molar-refractivity contribution in [3.05, 3.63) is 23.3 Å². The van der Waals surface area contributed by atoms with E-state index in [0.717, 1.165) is 24.7 Å². The lowest BCUT2D eigenvalue weighted by Gasteiger charge is -2.15. The van der Waals surface area contributed by atoms with Crippen LogP contribution in [-0.2, 0) is 23.9 Å². The van der Waals surface area contributed by atoms with Gasteiger partial charge in [-0.2, -0.15) is 0 Å². The molecule has 7 nitrogen and oxygen atoms in total. The Kier molecular flexibility index (Phi) is 17.6. The van der Waals surface area contributed by atoms with Crippen molar-refractivity contribution in [1.29, 1.82) is 0 Å². The lowest BCUT2D eigenvalue weighted by atomic mass is 10.1. The van der Waals surface area contributed by atoms with Crippen molar-refractivity contribution in [3.8, 4) is 0 Å². The summed E-state index contributed by atoms with van der Waals surface area (Å²) in [7, 11) is 0. The molecule has 7 heteroatoms. The van der Waals surface area contributed by atoms with Gasteiger partial charge in [0.15, 0.2) is 12.2 Å². The zero-order valence-corrected chi connectivity index (χ0v) is 17.1. The van der Waals surface area contributed by atoms with Gasteiger partial charge in [-0.05, 0) is 52.5 Å². The number of rotatable bonds is 11. The summed E-state index contributed by atoms with van der Waals surface area (Å²) in [5, 5.41) is 18.5. The van der Waals surface area contributed by atoms with Crippen molar-refractivity contribution in [3.63, 3.8) is 0 Å². The Morgan fingerprint density at radius 2 is 1.37 bits per heavy atom. The van der Waals surface area contributed by atoms with E-state index in [-0.39, 0.29) is 13.2 Å². The molecule has 0 bridgehead atoms. The van der Waals surface area contributed by atoms with Gasteiger partial charge >= 0.3 is 11.9 Å². The molecule has 0 rings (SSSR count). The summed E-state index contributed by atoms with van der Waals surface area (Å²) < 4.78 is 9.14. The molecule has 156 valence electrons. The number of aldehydes is 1. The van der Waals surface area contributed by atoms with Gasteiger partial charge in [-0.25, -0.2) is 9.59 Å². The predicted octanol–water partition coefficient (Wildman–Crippen LogP) is 2.49. The van der Waals surface area contributed by atoms with Gasteiger partial charge in [-0.3, -0.25) is 4.79 Å². The Morgan fingerprint density at radius 3 is 1.70 bits per heavy atom. The number of hydrogen-bond donors (Lipinski definition) is 2. The van der Waals surface area contributed by atoms with Crippen molar-refractivity contribution in [2.75, 3.05) is 13.2 Å². The molecule has 0 aromatic heterocycles. The smallest absolute Gasteiger partial charge is 0.338 e. The summed E-state index contributed by atoms with van der Waals surface area (Å²) >= 11 is 0. The highest BCUT2D eigenvalue weighted by atomic mass is 16.6. The van der Waals surface area contributed by atoms with E-state index in [4.69, 9.17) is 0 Å². The fourth-order valence-electron chi connectivity index (χ4n) is 1.62. The van der Waals surface area contributed by atoms with E-state index in [9.17, 15) is 24.6 Å². The monoisotopic (exact) mass is 386 g/mol. The molecule has 0 aliphatic carbocycles. The van der Waals surface area contributed by atoms with Crippen LogP contribution in [0.2, 0.25) is 0 Å². The first-order chi connectivity index (χ1) is 12.7. The topological polar surface area (TPSA) is 110 Å². The van der Waals surface area contributed by atoms with E-state index in [2.05, 4.69) is 29.4 Å². The summed E-state index contributed by atoms with van der Waals surface area (Å²) in [6.45, 7) is 9.97. The maximum Gasteiger partial charge on any atom is 0.338 e. The highest BCUT2D eigenvalue weighted by Crippen LogP contribution is 2.05. The van der Waals surface area contributed by atoms with Crippen LogP contribution in [0.1, 0.15) is 60.3 Å². The molecule has 0 aliphatic heterocycles. The summed E-state index contributed by atoms with van der Waals surface area (Å²) in [4.78, 5) is 32.2. The van der Waals surface area contributed by atoms with Gasteiger partial charge in [0.05, 0.1) is 13.2 Å². The number of hydrogen-bond acceptors (Lipinski definition) is 7. The molecule has 0 saturated heterocycles. The Labute approximate surface area is 162 Å². The average molecular weight is 386 g/mol. The van der Waals surface area contributed by atoms with Crippen LogP contribution in [0.5, 0.6) is 0 Å². The molecule has 0 fully saturated rings. The molecular weight excluding hydrogens is 352 g/mol. The number of esters is 2.